The number of rotatable bonds is 8. The SMILES string of the molecule is CCNC(=O)[C@H](C)N(Cc1ccc(Br)cc1)C(=O)CCc1ccc2c(c1)OCO2. The molecule has 7 heteroatoms. The van der Waals surface area contributed by atoms with Crippen LogP contribution in [0.3, 0.4) is 0 Å². The predicted octanol–water partition coefficient (Wildman–Crippen LogP) is 3.66. The maximum Gasteiger partial charge on any atom is 0.242 e. The molecule has 2 aromatic rings. The number of hydrogen-bond acceptors (Lipinski definition) is 4. The fourth-order valence-corrected chi connectivity index (χ4v) is 3.45. The molecule has 2 amide bonds. The molecule has 0 aromatic heterocycles. The molecule has 0 unspecified atom stereocenters. The molecule has 0 radical (unpaired) electrons. The van der Waals surface area contributed by atoms with E-state index in [2.05, 4.69) is 21.2 Å². The van der Waals surface area contributed by atoms with Gasteiger partial charge in [-0.1, -0.05) is 34.1 Å². The predicted molar refractivity (Wildman–Crippen MR) is 114 cm³/mol. The average molecular weight is 461 g/mol. The van der Waals surface area contributed by atoms with Crippen molar-refractivity contribution in [2.45, 2.75) is 39.3 Å². The average Bonchev–Trinajstić information content (AvgIpc) is 3.19. The lowest BCUT2D eigenvalue weighted by molar-refractivity contribution is -0.140. The van der Waals surface area contributed by atoms with Gasteiger partial charge >= 0.3 is 0 Å². The molecule has 2 aromatic carbocycles. The summed E-state index contributed by atoms with van der Waals surface area (Å²) < 4.78 is 11.7. The van der Waals surface area contributed by atoms with Gasteiger partial charge in [0.25, 0.3) is 0 Å². The van der Waals surface area contributed by atoms with Crippen molar-refractivity contribution in [1.82, 2.24) is 10.2 Å². The number of aryl methyl sites for hydroxylation is 1. The number of likely N-dealkylation sites (N-methyl/N-ethyl adjacent to an activating group) is 1. The molecule has 0 saturated heterocycles. The lowest BCUT2D eigenvalue weighted by atomic mass is 10.1. The molecule has 1 aliphatic heterocycles. The summed E-state index contributed by atoms with van der Waals surface area (Å²) in [6.45, 7) is 4.77. The molecule has 0 spiro atoms. The highest BCUT2D eigenvalue weighted by Gasteiger charge is 2.25. The van der Waals surface area contributed by atoms with Gasteiger partial charge in [0.15, 0.2) is 11.5 Å². The zero-order valence-corrected chi connectivity index (χ0v) is 18.2. The number of ether oxygens (including phenoxy) is 2. The van der Waals surface area contributed by atoms with E-state index < -0.39 is 6.04 Å². The smallest absolute Gasteiger partial charge is 0.242 e. The highest BCUT2D eigenvalue weighted by atomic mass is 79.9. The summed E-state index contributed by atoms with van der Waals surface area (Å²) in [6, 6.07) is 12.9. The standard InChI is InChI=1S/C22H25BrN2O4/c1-3-24-22(27)15(2)25(13-17-4-8-18(23)9-5-17)21(26)11-7-16-6-10-19-20(12-16)29-14-28-19/h4-6,8-10,12,15H,3,7,11,13-14H2,1-2H3,(H,24,27)/t15-/m0/s1. The van der Waals surface area contributed by atoms with E-state index in [1.807, 2.05) is 49.4 Å². The van der Waals surface area contributed by atoms with Crippen molar-refractivity contribution in [3.05, 3.63) is 58.1 Å². The van der Waals surface area contributed by atoms with Gasteiger partial charge in [-0.05, 0) is 55.7 Å². The fraction of sp³-hybridized carbons (Fsp3) is 0.364. The van der Waals surface area contributed by atoms with Crippen LogP contribution >= 0.6 is 15.9 Å². The summed E-state index contributed by atoms with van der Waals surface area (Å²) >= 11 is 3.42. The van der Waals surface area contributed by atoms with Gasteiger partial charge < -0.3 is 19.7 Å². The first-order valence-electron chi connectivity index (χ1n) is 9.68. The monoisotopic (exact) mass is 460 g/mol. The topological polar surface area (TPSA) is 67.9 Å². The Bertz CT molecular complexity index is 870. The molecule has 0 fully saturated rings. The second-order valence-corrected chi connectivity index (χ2v) is 7.82. The van der Waals surface area contributed by atoms with Crippen molar-refractivity contribution >= 4 is 27.7 Å². The first kappa shape index (κ1) is 21.2. The maximum absolute atomic E-state index is 13.1. The number of hydrogen-bond donors (Lipinski definition) is 1. The molecule has 1 aliphatic rings. The minimum absolute atomic E-state index is 0.0654. The third kappa shape index (κ3) is 5.50. The van der Waals surface area contributed by atoms with Crippen molar-refractivity contribution in [2.24, 2.45) is 0 Å². The van der Waals surface area contributed by atoms with E-state index in [4.69, 9.17) is 9.47 Å². The molecule has 0 saturated carbocycles. The van der Waals surface area contributed by atoms with Crippen LogP contribution in [0.1, 0.15) is 31.4 Å². The first-order valence-corrected chi connectivity index (χ1v) is 10.5. The molecular weight excluding hydrogens is 436 g/mol. The van der Waals surface area contributed by atoms with Gasteiger partial charge in [-0.15, -0.1) is 0 Å². The van der Waals surface area contributed by atoms with Crippen LogP contribution in [0.5, 0.6) is 11.5 Å². The number of carbonyl (C=O) groups is 2. The number of benzene rings is 2. The summed E-state index contributed by atoms with van der Waals surface area (Å²) in [4.78, 5) is 27.1. The van der Waals surface area contributed by atoms with E-state index >= 15 is 0 Å². The van der Waals surface area contributed by atoms with Gasteiger partial charge in [0.05, 0.1) is 0 Å². The van der Waals surface area contributed by atoms with Crippen LogP contribution in [-0.2, 0) is 22.6 Å². The van der Waals surface area contributed by atoms with Gasteiger partial charge in [-0.25, -0.2) is 0 Å². The first-order chi connectivity index (χ1) is 14.0. The normalized spacial score (nSPS) is 13.1. The van der Waals surface area contributed by atoms with Crippen LogP contribution in [0.25, 0.3) is 0 Å². The van der Waals surface area contributed by atoms with Crippen LogP contribution in [0.2, 0.25) is 0 Å². The zero-order valence-electron chi connectivity index (χ0n) is 16.6. The van der Waals surface area contributed by atoms with E-state index in [1.165, 1.54) is 0 Å². The number of nitrogens with zero attached hydrogens (tertiary/aromatic N) is 1. The largest absolute Gasteiger partial charge is 0.454 e. The molecular formula is C22H25BrN2O4. The van der Waals surface area contributed by atoms with Crippen LogP contribution in [-0.4, -0.2) is 36.1 Å². The van der Waals surface area contributed by atoms with E-state index in [0.717, 1.165) is 21.3 Å². The van der Waals surface area contributed by atoms with Crippen LogP contribution in [0.4, 0.5) is 0 Å². The van der Waals surface area contributed by atoms with E-state index in [-0.39, 0.29) is 18.6 Å². The van der Waals surface area contributed by atoms with Gasteiger partial charge in [0.2, 0.25) is 18.6 Å². The molecule has 1 N–H and O–H groups in total. The summed E-state index contributed by atoms with van der Waals surface area (Å²) in [5, 5.41) is 2.81. The highest BCUT2D eigenvalue weighted by molar-refractivity contribution is 9.10. The van der Waals surface area contributed by atoms with Crippen molar-refractivity contribution in [3.63, 3.8) is 0 Å². The van der Waals surface area contributed by atoms with Crippen LogP contribution < -0.4 is 14.8 Å². The molecule has 1 heterocycles. The van der Waals surface area contributed by atoms with Gasteiger partial charge in [-0.3, -0.25) is 9.59 Å². The Labute approximate surface area is 179 Å². The van der Waals surface area contributed by atoms with E-state index in [1.54, 1.807) is 11.8 Å². The second-order valence-electron chi connectivity index (χ2n) is 6.91. The summed E-state index contributed by atoms with van der Waals surface area (Å²) in [5.41, 5.74) is 1.97. The minimum Gasteiger partial charge on any atom is -0.454 e. The molecule has 1 atom stereocenters. The highest BCUT2D eigenvalue weighted by Crippen LogP contribution is 2.32. The zero-order chi connectivity index (χ0) is 20.8. The second kappa shape index (κ2) is 9.78. The Morgan fingerprint density at radius 3 is 2.52 bits per heavy atom. The molecule has 3 rings (SSSR count). The van der Waals surface area contributed by atoms with E-state index in [9.17, 15) is 9.59 Å². The van der Waals surface area contributed by atoms with E-state index in [0.29, 0.717) is 31.7 Å². The maximum atomic E-state index is 13.1. The Kier molecular flexibility index (Phi) is 7.14. The molecule has 6 nitrogen and oxygen atoms in total. The Balaban J connectivity index is 1.70. The number of halogens is 1. The quantitative estimate of drug-likeness (QED) is 0.652. The molecule has 29 heavy (non-hydrogen) atoms. The summed E-state index contributed by atoms with van der Waals surface area (Å²) in [6.07, 6.45) is 0.869. The van der Waals surface area contributed by atoms with Crippen molar-refractivity contribution in [2.75, 3.05) is 13.3 Å². The third-order valence-electron chi connectivity index (χ3n) is 4.85. The third-order valence-corrected chi connectivity index (χ3v) is 5.38. The molecule has 0 bridgehead atoms. The van der Waals surface area contributed by atoms with Gasteiger partial charge in [-0.2, -0.15) is 0 Å². The molecule has 154 valence electrons. The minimum atomic E-state index is -0.553. The fourth-order valence-electron chi connectivity index (χ4n) is 3.18. The summed E-state index contributed by atoms with van der Waals surface area (Å²) in [5.74, 6) is 1.21. The summed E-state index contributed by atoms with van der Waals surface area (Å²) in [7, 11) is 0. The lowest BCUT2D eigenvalue weighted by Gasteiger charge is -2.29. The van der Waals surface area contributed by atoms with Crippen LogP contribution in [0.15, 0.2) is 46.9 Å². The van der Waals surface area contributed by atoms with Crippen molar-refractivity contribution in [3.8, 4) is 11.5 Å². The van der Waals surface area contributed by atoms with Crippen molar-refractivity contribution in [1.29, 1.82) is 0 Å². The number of nitrogens with one attached hydrogen (secondary N) is 1. The van der Waals surface area contributed by atoms with Crippen LogP contribution in [0, 0.1) is 0 Å². The van der Waals surface area contributed by atoms with Crippen molar-refractivity contribution < 1.29 is 19.1 Å². The van der Waals surface area contributed by atoms with Gasteiger partial charge in [0.1, 0.15) is 6.04 Å². The molecule has 0 aliphatic carbocycles. The Morgan fingerprint density at radius 1 is 1.10 bits per heavy atom. The Morgan fingerprint density at radius 2 is 1.79 bits per heavy atom. The number of fused-ring (bicyclic) bond motifs is 1. The van der Waals surface area contributed by atoms with Gasteiger partial charge in [0, 0.05) is 24.0 Å². The number of amides is 2. The Hall–Kier alpha value is -2.54. The lowest BCUT2D eigenvalue weighted by Crippen LogP contribution is -2.47. The number of carbonyl (C=O) groups excluding carboxylic acids is 2.